The number of allylic oxidation sites excluding steroid dienone is 2. The van der Waals surface area contributed by atoms with Crippen molar-refractivity contribution in [2.24, 2.45) is 0 Å². The molecule has 1 aliphatic rings. The van der Waals surface area contributed by atoms with Gasteiger partial charge in [-0.05, 0) is 55.8 Å². The smallest absolute Gasteiger partial charge is 0.161 e. The van der Waals surface area contributed by atoms with Gasteiger partial charge in [0.05, 0.1) is 19.6 Å². The van der Waals surface area contributed by atoms with E-state index >= 15 is 0 Å². The Morgan fingerprint density at radius 1 is 1.06 bits per heavy atom. The van der Waals surface area contributed by atoms with Crippen LogP contribution in [0.1, 0.15) is 18.1 Å². The van der Waals surface area contributed by atoms with Crippen molar-refractivity contribution < 1.29 is 9.47 Å². The average molecular weight is 485 g/mol. The highest BCUT2D eigenvalue weighted by atomic mass is 35.5. The molecule has 0 bridgehead atoms. The van der Waals surface area contributed by atoms with Crippen molar-refractivity contribution in [2.75, 3.05) is 33.6 Å². The van der Waals surface area contributed by atoms with Gasteiger partial charge in [0, 0.05) is 22.2 Å². The average Bonchev–Trinajstić information content (AvgIpc) is 3.30. The van der Waals surface area contributed by atoms with E-state index in [0.717, 1.165) is 17.3 Å². The number of hydrogen-bond donors (Lipinski definition) is 2. The summed E-state index contributed by atoms with van der Waals surface area (Å²) in [5.41, 5.74) is 2.63. The lowest BCUT2D eigenvalue weighted by atomic mass is 10.1. The number of methoxy groups -OCH3 is 2. The van der Waals surface area contributed by atoms with E-state index in [-0.39, 0.29) is 5.37 Å². The molecule has 0 spiro atoms. The fourth-order valence-corrected chi connectivity index (χ4v) is 6.35. The lowest BCUT2D eigenvalue weighted by molar-refractivity contribution is 0.356. The Morgan fingerprint density at radius 2 is 1.76 bits per heavy atom. The van der Waals surface area contributed by atoms with Gasteiger partial charge in [0.15, 0.2) is 22.5 Å². The normalized spacial score (nSPS) is 17.3. The zero-order valence-corrected chi connectivity index (χ0v) is 21.1. The zero-order valence-electron chi connectivity index (χ0n) is 19.5. The van der Waals surface area contributed by atoms with Crippen LogP contribution >= 0.6 is 22.5 Å². The molecule has 2 heterocycles. The predicted molar refractivity (Wildman–Crippen MR) is 141 cm³/mol. The van der Waals surface area contributed by atoms with E-state index in [1.807, 2.05) is 12.1 Å². The van der Waals surface area contributed by atoms with E-state index in [2.05, 4.69) is 83.3 Å². The zero-order chi connectivity index (χ0) is 23.5. The Morgan fingerprint density at radius 3 is 2.45 bits per heavy atom. The fourth-order valence-electron chi connectivity index (χ4n) is 4.03. The van der Waals surface area contributed by atoms with Crippen molar-refractivity contribution in [3.05, 3.63) is 70.2 Å². The molecule has 1 N–H and O–H groups in total. The summed E-state index contributed by atoms with van der Waals surface area (Å²) >= 11 is 6.36. The molecule has 33 heavy (non-hydrogen) atoms. The van der Waals surface area contributed by atoms with E-state index in [4.69, 9.17) is 21.1 Å². The van der Waals surface area contributed by atoms with E-state index < -0.39 is 10.9 Å². The van der Waals surface area contributed by atoms with Gasteiger partial charge in [-0.2, -0.15) is 10.9 Å². The van der Waals surface area contributed by atoms with Gasteiger partial charge in [-0.1, -0.05) is 41.9 Å². The Labute approximate surface area is 202 Å². The quantitative estimate of drug-likeness (QED) is 0.400. The third kappa shape index (κ3) is 4.81. The number of thiol groups is 1. The molecule has 2 aromatic carbocycles. The predicted octanol–water partition coefficient (Wildman–Crippen LogP) is 5.69. The van der Waals surface area contributed by atoms with Crippen LogP contribution in [0.2, 0.25) is 5.15 Å². The minimum Gasteiger partial charge on any atom is -0.493 e. The highest BCUT2D eigenvalue weighted by Gasteiger charge is 2.23. The van der Waals surface area contributed by atoms with Crippen LogP contribution in [-0.4, -0.2) is 48.8 Å². The molecule has 2 atom stereocenters. The second-order valence-corrected chi connectivity index (χ2v) is 10.8. The van der Waals surface area contributed by atoms with Gasteiger partial charge < -0.3 is 19.7 Å². The number of fused-ring (bicyclic) bond motifs is 1. The van der Waals surface area contributed by atoms with Crippen molar-refractivity contribution in [3.8, 4) is 11.5 Å². The van der Waals surface area contributed by atoms with Crippen LogP contribution < -0.4 is 14.8 Å². The number of benzene rings is 2. The summed E-state index contributed by atoms with van der Waals surface area (Å²) in [7, 11) is 6.81. The molecule has 1 aliphatic heterocycles. The van der Waals surface area contributed by atoms with E-state index in [1.165, 1.54) is 16.0 Å². The molecule has 0 aliphatic carbocycles. The van der Waals surface area contributed by atoms with Gasteiger partial charge in [-0.3, -0.25) is 0 Å². The molecule has 0 saturated heterocycles. The SMILES string of the molecule is COc1cc2c(Cl)nnc(N[C@@H](C)[SH]3C=CC=C3c3ccccc3CN(C)C)c2cc1OC. The van der Waals surface area contributed by atoms with Crippen molar-refractivity contribution in [1.29, 1.82) is 0 Å². The molecule has 6 nitrogen and oxygen atoms in total. The number of nitrogens with zero attached hydrogens (tertiary/aromatic N) is 3. The second-order valence-electron chi connectivity index (χ2n) is 8.11. The number of hydrogen-bond acceptors (Lipinski definition) is 6. The van der Waals surface area contributed by atoms with Gasteiger partial charge in [0.25, 0.3) is 0 Å². The minimum atomic E-state index is -0.600. The number of halogens is 1. The van der Waals surface area contributed by atoms with Crippen molar-refractivity contribution >= 4 is 44.0 Å². The highest BCUT2D eigenvalue weighted by Crippen LogP contribution is 2.51. The Kier molecular flexibility index (Phi) is 7.12. The molecule has 0 amide bonds. The van der Waals surface area contributed by atoms with Crippen LogP contribution in [0.25, 0.3) is 15.7 Å². The van der Waals surface area contributed by atoms with Gasteiger partial charge >= 0.3 is 0 Å². The molecule has 1 aromatic heterocycles. The first-order valence-corrected chi connectivity index (χ1v) is 12.5. The number of rotatable bonds is 8. The first-order chi connectivity index (χ1) is 15.9. The summed E-state index contributed by atoms with van der Waals surface area (Å²) in [6.45, 7) is 3.08. The molecule has 0 fully saturated rings. The second kappa shape index (κ2) is 10.0. The monoisotopic (exact) mass is 484 g/mol. The van der Waals surface area contributed by atoms with E-state index in [9.17, 15) is 0 Å². The minimum absolute atomic E-state index is 0.129. The van der Waals surface area contributed by atoms with E-state index in [1.54, 1.807) is 14.2 Å². The molecule has 8 heteroatoms. The summed E-state index contributed by atoms with van der Waals surface area (Å²) < 4.78 is 10.9. The molecule has 0 saturated carbocycles. The third-order valence-corrected chi connectivity index (χ3v) is 8.24. The molecule has 3 aromatic rings. The third-order valence-electron chi connectivity index (χ3n) is 5.56. The largest absolute Gasteiger partial charge is 0.493 e. The summed E-state index contributed by atoms with van der Waals surface area (Å²) in [5.74, 6) is 1.89. The molecular weight excluding hydrogens is 456 g/mol. The maximum atomic E-state index is 6.36. The highest BCUT2D eigenvalue weighted by molar-refractivity contribution is 8.28. The van der Waals surface area contributed by atoms with Crippen molar-refractivity contribution in [3.63, 3.8) is 0 Å². The molecule has 174 valence electrons. The van der Waals surface area contributed by atoms with Gasteiger partial charge in [-0.15, -0.1) is 10.2 Å². The first kappa shape index (κ1) is 23.4. The number of anilines is 1. The number of nitrogens with one attached hydrogen (secondary N) is 1. The van der Waals surface area contributed by atoms with Crippen molar-refractivity contribution in [1.82, 2.24) is 15.1 Å². The summed E-state index contributed by atoms with van der Waals surface area (Å²) in [6.07, 6.45) is 4.39. The molecule has 0 radical (unpaired) electrons. The van der Waals surface area contributed by atoms with Crippen LogP contribution in [0.5, 0.6) is 11.5 Å². The molecular formula is C25H29ClN4O2S. The lowest BCUT2D eigenvalue weighted by Gasteiger charge is -2.28. The van der Waals surface area contributed by atoms with Gasteiger partial charge in [0.2, 0.25) is 0 Å². The number of aromatic nitrogens is 2. The Hall–Kier alpha value is -2.74. The van der Waals surface area contributed by atoms with Crippen molar-refractivity contribution in [2.45, 2.75) is 18.8 Å². The first-order valence-electron chi connectivity index (χ1n) is 10.7. The van der Waals surface area contributed by atoms with Crippen LogP contribution in [0.15, 0.2) is 54.0 Å². The number of ether oxygens (including phenoxy) is 2. The molecule has 1 unspecified atom stereocenters. The van der Waals surface area contributed by atoms with Gasteiger partial charge in [0.1, 0.15) is 0 Å². The topological polar surface area (TPSA) is 59.5 Å². The maximum Gasteiger partial charge on any atom is 0.161 e. The summed E-state index contributed by atoms with van der Waals surface area (Å²) in [4.78, 5) is 3.55. The standard InChI is InChI=1S/C25H29ClN4O2S/c1-16(33-12-8-11-23(33)18-10-7-6-9-17(18)15-30(2)3)27-25-20-14-22(32-5)21(31-4)13-19(20)24(26)28-29-25/h6-14,16,33H,15H2,1-5H3,(H,27,29)/t16-/m1/s1. The fraction of sp³-hybridized carbons (Fsp3) is 0.280. The maximum absolute atomic E-state index is 6.36. The van der Waals surface area contributed by atoms with Crippen LogP contribution in [0.3, 0.4) is 0 Å². The molecule has 4 rings (SSSR count). The van der Waals surface area contributed by atoms with E-state index in [0.29, 0.717) is 22.5 Å². The van der Waals surface area contributed by atoms with Crippen LogP contribution in [0, 0.1) is 0 Å². The Bertz CT molecular complexity index is 1230. The lowest BCUT2D eigenvalue weighted by Crippen LogP contribution is -2.17. The Balaban J connectivity index is 1.66. The van der Waals surface area contributed by atoms with Crippen LogP contribution in [0.4, 0.5) is 5.82 Å². The summed E-state index contributed by atoms with van der Waals surface area (Å²) in [5, 5.41) is 16.5. The summed E-state index contributed by atoms with van der Waals surface area (Å²) in [6, 6.07) is 12.4. The van der Waals surface area contributed by atoms with Crippen LogP contribution in [-0.2, 0) is 6.54 Å². The van der Waals surface area contributed by atoms with Gasteiger partial charge in [-0.25, -0.2) is 0 Å².